The second-order valence-electron chi connectivity index (χ2n) is 5.78. The summed E-state index contributed by atoms with van der Waals surface area (Å²) >= 11 is 0. The van der Waals surface area contributed by atoms with Crippen LogP contribution in [-0.4, -0.2) is 21.6 Å². The van der Waals surface area contributed by atoms with E-state index >= 15 is 0 Å². The number of anilines is 1. The van der Waals surface area contributed by atoms with Crippen molar-refractivity contribution in [1.29, 1.82) is 0 Å². The summed E-state index contributed by atoms with van der Waals surface area (Å²) in [5.41, 5.74) is 0.466. The molecule has 0 aliphatic carbocycles. The van der Waals surface area contributed by atoms with Crippen LogP contribution in [0.2, 0.25) is 0 Å². The Morgan fingerprint density at radius 2 is 1.79 bits per heavy atom. The predicted octanol–water partition coefficient (Wildman–Crippen LogP) is 4.34. The van der Waals surface area contributed by atoms with Gasteiger partial charge in [0.25, 0.3) is 5.91 Å². The Labute approximate surface area is 164 Å². The second-order valence-corrected chi connectivity index (χ2v) is 5.78. The Hall–Kier alpha value is -3.75. The molecule has 0 radical (unpaired) electrons. The number of pyridine rings is 2. The minimum atomic E-state index is -0.966. The van der Waals surface area contributed by atoms with Gasteiger partial charge >= 0.3 is 0 Å². The molecule has 2 heterocycles. The molecule has 3 aromatic rings. The van der Waals surface area contributed by atoms with Crippen molar-refractivity contribution in [2.75, 3.05) is 5.32 Å². The standard InChI is InChI=1S/C20H15F3N4O2/c1-2-16(27-29-13-7-8-17(23)24-11-13)12-6-9-18(25-10-12)26-20(28)19-14(21)4-3-5-15(19)22/h3-11H,2H2,1H3,(H,25,26,28)/b27-16+. The molecule has 0 unspecified atom stereocenters. The highest BCUT2D eigenvalue weighted by Crippen LogP contribution is 2.16. The van der Waals surface area contributed by atoms with E-state index in [0.717, 1.165) is 18.2 Å². The fraction of sp³-hybridized carbons (Fsp3) is 0.100. The largest absolute Gasteiger partial charge is 0.355 e. The van der Waals surface area contributed by atoms with Gasteiger partial charge in [-0.2, -0.15) is 4.39 Å². The molecule has 0 spiro atoms. The van der Waals surface area contributed by atoms with Crippen LogP contribution in [0, 0.1) is 17.6 Å². The van der Waals surface area contributed by atoms with Gasteiger partial charge in [0.1, 0.15) is 23.0 Å². The highest BCUT2D eigenvalue weighted by Gasteiger charge is 2.17. The molecule has 1 aromatic carbocycles. The smallest absolute Gasteiger partial charge is 0.262 e. The van der Waals surface area contributed by atoms with Gasteiger partial charge in [-0.25, -0.2) is 18.7 Å². The molecule has 1 amide bonds. The average Bonchev–Trinajstić information content (AvgIpc) is 2.71. The van der Waals surface area contributed by atoms with Gasteiger partial charge < -0.3 is 10.2 Å². The van der Waals surface area contributed by atoms with Crippen molar-refractivity contribution in [2.45, 2.75) is 13.3 Å². The molecular formula is C20H15F3N4O2. The van der Waals surface area contributed by atoms with E-state index in [1.165, 1.54) is 30.6 Å². The fourth-order valence-corrected chi connectivity index (χ4v) is 2.38. The summed E-state index contributed by atoms with van der Waals surface area (Å²) in [6.07, 6.45) is 3.13. The molecule has 0 bridgehead atoms. The third-order valence-electron chi connectivity index (χ3n) is 3.82. The van der Waals surface area contributed by atoms with E-state index in [9.17, 15) is 18.0 Å². The van der Waals surface area contributed by atoms with E-state index in [1.54, 1.807) is 6.07 Å². The number of carbonyl (C=O) groups excluding carboxylic acids is 1. The minimum Gasteiger partial charge on any atom is -0.355 e. The molecule has 2 aromatic heterocycles. The van der Waals surface area contributed by atoms with Crippen LogP contribution in [0.15, 0.2) is 60.0 Å². The van der Waals surface area contributed by atoms with Crippen molar-refractivity contribution < 1.29 is 22.8 Å². The Balaban J connectivity index is 1.72. The van der Waals surface area contributed by atoms with Crippen LogP contribution in [0.3, 0.4) is 0 Å². The minimum absolute atomic E-state index is 0.112. The van der Waals surface area contributed by atoms with Gasteiger partial charge in [-0.05, 0) is 42.8 Å². The summed E-state index contributed by atoms with van der Waals surface area (Å²) in [5.74, 6) is -3.13. The molecule has 9 heteroatoms. The zero-order valence-electron chi connectivity index (χ0n) is 15.2. The lowest BCUT2D eigenvalue weighted by Gasteiger charge is -2.08. The number of hydrogen-bond acceptors (Lipinski definition) is 5. The maximum Gasteiger partial charge on any atom is 0.262 e. The molecule has 1 N–H and O–H groups in total. The van der Waals surface area contributed by atoms with Gasteiger partial charge in [-0.3, -0.25) is 4.79 Å². The highest BCUT2D eigenvalue weighted by molar-refractivity contribution is 6.04. The number of carbonyl (C=O) groups is 1. The number of aromatic nitrogens is 2. The molecule has 0 aliphatic rings. The summed E-state index contributed by atoms with van der Waals surface area (Å²) in [6.45, 7) is 1.85. The number of nitrogens with one attached hydrogen (secondary N) is 1. The molecule has 0 atom stereocenters. The monoisotopic (exact) mass is 400 g/mol. The quantitative estimate of drug-likeness (QED) is 0.379. The molecule has 6 nitrogen and oxygen atoms in total. The molecule has 0 fully saturated rings. The average molecular weight is 400 g/mol. The molecule has 148 valence electrons. The van der Waals surface area contributed by atoms with Gasteiger partial charge in [-0.1, -0.05) is 18.1 Å². The summed E-state index contributed by atoms with van der Waals surface area (Å²) < 4.78 is 40.2. The van der Waals surface area contributed by atoms with E-state index in [-0.39, 0.29) is 11.6 Å². The first-order valence-electron chi connectivity index (χ1n) is 8.55. The summed E-state index contributed by atoms with van der Waals surface area (Å²) in [5, 5.41) is 6.34. The molecule has 29 heavy (non-hydrogen) atoms. The van der Waals surface area contributed by atoms with Crippen LogP contribution in [-0.2, 0) is 0 Å². The van der Waals surface area contributed by atoms with Gasteiger partial charge in [0.05, 0.1) is 11.9 Å². The van der Waals surface area contributed by atoms with E-state index in [0.29, 0.717) is 17.7 Å². The van der Waals surface area contributed by atoms with Gasteiger partial charge in [0.15, 0.2) is 5.75 Å². The van der Waals surface area contributed by atoms with Crippen LogP contribution in [0.5, 0.6) is 5.75 Å². The van der Waals surface area contributed by atoms with Crippen molar-refractivity contribution in [1.82, 2.24) is 9.97 Å². The zero-order chi connectivity index (χ0) is 20.8. The number of hydrogen-bond donors (Lipinski definition) is 1. The predicted molar refractivity (Wildman–Crippen MR) is 100 cm³/mol. The number of oxime groups is 1. The maximum absolute atomic E-state index is 13.7. The molecular weight excluding hydrogens is 385 g/mol. The van der Waals surface area contributed by atoms with E-state index < -0.39 is 29.1 Å². The first-order valence-corrected chi connectivity index (χ1v) is 8.55. The highest BCUT2D eigenvalue weighted by atomic mass is 19.1. The summed E-state index contributed by atoms with van der Waals surface area (Å²) in [7, 11) is 0. The number of amides is 1. The Kier molecular flexibility index (Phi) is 6.18. The van der Waals surface area contributed by atoms with Crippen LogP contribution in [0.25, 0.3) is 0 Å². The lowest BCUT2D eigenvalue weighted by molar-refractivity contribution is 0.101. The van der Waals surface area contributed by atoms with Crippen LogP contribution in [0.1, 0.15) is 29.3 Å². The second kappa shape index (κ2) is 8.96. The number of benzene rings is 1. The number of nitrogens with zero attached hydrogens (tertiary/aromatic N) is 3. The first kappa shape index (κ1) is 20.0. The van der Waals surface area contributed by atoms with Gasteiger partial charge in [-0.15, -0.1) is 0 Å². The van der Waals surface area contributed by atoms with Crippen molar-refractivity contribution >= 4 is 17.4 Å². The number of halogens is 3. The van der Waals surface area contributed by atoms with E-state index in [1.807, 2.05) is 6.92 Å². The summed E-state index contributed by atoms with van der Waals surface area (Å²) in [6, 6.07) is 8.78. The van der Waals surface area contributed by atoms with E-state index in [2.05, 4.69) is 20.4 Å². The molecule has 0 aliphatic heterocycles. The third kappa shape index (κ3) is 4.95. The SMILES string of the molecule is CC/C(=N\Oc1ccc(F)nc1)c1ccc(NC(=O)c2c(F)cccc2F)nc1. The Morgan fingerprint density at radius 1 is 1.03 bits per heavy atom. The lowest BCUT2D eigenvalue weighted by Crippen LogP contribution is -2.16. The first-order chi connectivity index (χ1) is 14.0. The van der Waals surface area contributed by atoms with Crippen molar-refractivity contribution in [3.63, 3.8) is 0 Å². The van der Waals surface area contributed by atoms with Crippen molar-refractivity contribution in [2.24, 2.45) is 5.16 Å². The molecule has 3 rings (SSSR count). The van der Waals surface area contributed by atoms with Crippen molar-refractivity contribution in [3.8, 4) is 5.75 Å². The normalized spacial score (nSPS) is 11.2. The molecule has 0 saturated carbocycles. The maximum atomic E-state index is 13.7. The fourth-order valence-electron chi connectivity index (χ4n) is 2.38. The van der Waals surface area contributed by atoms with E-state index in [4.69, 9.17) is 4.84 Å². The third-order valence-corrected chi connectivity index (χ3v) is 3.82. The topological polar surface area (TPSA) is 76.5 Å². The van der Waals surface area contributed by atoms with Gasteiger partial charge in [0, 0.05) is 11.8 Å². The van der Waals surface area contributed by atoms with Gasteiger partial charge in [0.2, 0.25) is 5.95 Å². The summed E-state index contributed by atoms with van der Waals surface area (Å²) in [4.78, 5) is 24.9. The Morgan fingerprint density at radius 3 is 2.38 bits per heavy atom. The Bertz CT molecular complexity index is 1020. The lowest BCUT2D eigenvalue weighted by atomic mass is 10.1. The van der Waals surface area contributed by atoms with Crippen molar-refractivity contribution in [3.05, 3.63) is 83.6 Å². The van der Waals surface area contributed by atoms with Crippen LogP contribution >= 0.6 is 0 Å². The number of rotatable bonds is 6. The zero-order valence-corrected chi connectivity index (χ0v) is 15.2. The van der Waals surface area contributed by atoms with Crippen LogP contribution in [0.4, 0.5) is 19.0 Å². The van der Waals surface area contributed by atoms with Crippen LogP contribution < -0.4 is 10.2 Å². The molecule has 0 saturated heterocycles.